The van der Waals surface area contributed by atoms with Crippen molar-refractivity contribution in [3.8, 4) is 11.8 Å². The number of carbonyl (C=O) groups is 2. The molecule has 4 heterocycles. The van der Waals surface area contributed by atoms with Gasteiger partial charge in [0.2, 0.25) is 0 Å². The van der Waals surface area contributed by atoms with Gasteiger partial charge in [0.05, 0.1) is 39.5 Å². The molecule has 4 rings (SSSR count). The molecular weight excluding hydrogens is 576 g/mol. The number of likely N-dealkylation sites (N-methyl/N-ethyl adjacent to an activating group) is 1. The minimum absolute atomic E-state index is 0.0355. The topological polar surface area (TPSA) is 206 Å². The lowest BCUT2D eigenvalue weighted by atomic mass is 10.3. The van der Waals surface area contributed by atoms with Crippen LogP contribution in [-0.4, -0.2) is 132 Å². The smallest absolute Gasteiger partial charge is 0.336 e. The highest BCUT2D eigenvalue weighted by molar-refractivity contribution is 5.85. The number of hydrogen-bond acceptors (Lipinski definition) is 11. The van der Waals surface area contributed by atoms with E-state index in [0.29, 0.717) is 0 Å². The molecule has 2 saturated heterocycles. The van der Waals surface area contributed by atoms with Crippen LogP contribution in [0.2, 0.25) is 0 Å². The van der Waals surface area contributed by atoms with Crippen molar-refractivity contribution in [3.63, 3.8) is 0 Å². The third-order valence-electron chi connectivity index (χ3n) is 7.28. The molecule has 43 heavy (non-hydrogen) atoms. The Balaban J connectivity index is 1.55. The number of urea groups is 2. The van der Waals surface area contributed by atoms with Crippen molar-refractivity contribution >= 4 is 12.1 Å². The maximum absolute atomic E-state index is 13.4. The second-order valence-electron chi connectivity index (χ2n) is 9.68. The number of rotatable bonds is 15. The summed E-state index contributed by atoms with van der Waals surface area (Å²) in [5.41, 5.74) is -2.67. The maximum Gasteiger partial charge on any atom is 0.336 e. The van der Waals surface area contributed by atoms with Gasteiger partial charge in [0.15, 0.2) is 24.1 Å². The Labute approximate surface area is 244 Å². The van der Waals surface area contributed by atoms with Crippen molar-refractivity contribution in [2.24, 2.45) is 0 Å². The number of hydrogen-bond donors (Lipinski definition) is 3. The van der Waals surface area contributed by atoms with Gasteiger partial charge in [0.25, 0.3) is 0 Å². The van der Waals surface area contributed by atoms with Crippen molar-refractivity contribution in [1.82, 2.24) is 37.9 Å². The fourth-order valence-corrected chi connectivity index (χ4v) is 5.23. The van der Waals surface area contributed by atoms with E-state index in [9.17, 15) is 39.3 Å². The van der Waals surface area contributed by atoms with Crippen LogP contribution in [0.25, 0.3) is 0 Å². The predicted molar refractivity (Wildman–Crippen MR) is 145 cm³/mol. The van der Waals surface area contributed by atoms with Gasteiger partial charge in [-0.25, -0.2) is 37.7 Å². The SMILES string of the molecule is CCN1C(=O)N(COCCn2c(=O)n(CCO)c(=O)n(CCOC)c2=O)C2C1N(Cn1c(O)ccc1O)C(=O)N2COC. The first-order valence-corrected chi connectivity index (χ1v) is 13.5. The highest BCUT2D eigenvalue weighted by Crippen LogP contribution is 2.36. The summed E-state index contributed by atoms with van der Waals surface area (Å²) in [7, 11) is 2.78. The van der Waals surface area contributed by atoms with Gasteiger partial charge in [0.1, 0.15) is 20.1 Å². The number of aromatic hydroxyl groups is 2. The Morgan fingerprint density at radius 1 is 0.674 bits per heavy atom. The largest absolute Gasteiger partial charge is 0.494 e. The van der Waals surface area contributed by atoms with Gasteiger partial charge in [-0.2, -0.15) is 0 Å². The van der Waals surface area contributed by atoms with E-state index >= 15 is 0 Å². The van der Waals surface area contributed by atoms with E-state index in [1.807, 2.05) is 0 Å². The van der Waals surface area contributed by atoms with Crippen LogP contribution in [0.5, 0.6) is 11.8 Å². The zero-order chi connectivity index (χ0) is 31.4. The molecule has 0 aliphatic carbocycles. The van der Waals surface area contributed by atoms with Crippen LogP contribution in [0, 0.1) is 0 Å². The fraction of sp³-hybridized carbons (Fsp3) is 0.625. The Hall–Kier alpha value is -4.33. The van der Waals surface area contributed by atoms with E-state index in [-0.39, 0.29) is 71.3 Å². The molecule has 2 unspecified atom stereocenters. The summed E-state index contributed by atoms with van der Waals surface area (Å²) in [6.07, 6.45) is -1.71. The quantitative estimate of drug-likeness (QED) is 0.178. The average molecular weight is 613 g/mol. The summed E-state index contributed by atoms with van der Waals surface area (Å²) >= 11 is 0. The number of amides is 4. The van der Waals surface area contributed by atoms with E-state index in [0.717, 1.165) is 18.3 Å². The summed E-state index contributed by atoms with van der Waals surface area (Å²) < 4.78 is 19.4. The molecule has 0 spiro atoms. The summed E-state index contributed by atoms with van der Waals surface area (Å²) in [6.45, 7) is -0.218. The minimum atomic E-state index is -0.921. The second-order valence-corrected chi connectivity index (χ2v) is 9.68. The molecule has 19 heteroatoms. The molecule has 2 aliphatic heterocycles. The Kier molecular flexibility index (Phi) is 9.79. The molecule has 19 nitrogen and oxygen atoms in total. The molecule has 2 atom stereocenters. The fourth-order valence-electron chi connectivity index (χ4n) is 5.23. The van der Waals surface area contributed by atoms with Crippen molar-refractivity contribution in [1.29, 1.82) is 0 Å². The zero-order valence-corrected chi connectivity index (χ0v) is 24.1. The molecule has 238 valence electrons. The second kappa shape index (κ2) is 13.3. The maximum atomic E-state index is 13.4. The Morgan fingerprint density at radius 2 is 1.19 bits per heavy atom. The monoisotopic (exact) mass is 612 g/mol. The van der Waals surface area contributed by atoms with Crippen LogP contribution in [0.4, 0.5) is 9.59 Å². The third-order valence-corrected chi connectivity index (χ3v) is 7.28. The number of methoxy groups -OCH3 is 2. The average Bonchev–Trinajstić information content (AvgIpc) is 3.54. The summed E-state index contributed by atoms with van der Waals surface area (Å²) in [6, 6.07) is 1.55. The lowest BCUT2D eigenvalue weighted by molar-refractivity contribution is -0.0181. The van der Waals surface area contributed by atoms with Gasteiger partial charge in [0, 0.05) is 32.9 Å². The van der Waals surface area contributed by atoms with Crippen LogP contribution in [0.1, 0.15) is 6.92 Å². The summed E-state index contributed by atoms with van der Waals surface area (Å²) in [5.74, 6) is -0.553. The van der Waals surface area contributed by atoms with Crippen LogP contribution in [0.3, 0.4) is 0 Å². The van der Waals surface area contributed by atoms with Crippen molar-refractivity contribution in [3.05, 3.63) is 43.6 Å². The van der Waals surface area contributed by atoms with E-state index < -0.39 is 48.1 Å². The van der Waals surface area contributed by atoms with E-state index in [1.54, 1.807) is 6.92 Å². The van der Waals surface area contributed by atoms with E-state index in [2.05, 4.69) is 0 Å². The number of nitrogens with zero attached hydrogens (tertiary/aromatic N) is 8. The lowest BCUT2D eigenvalue weighted by Crippen LogP contribution is -2.55. The Morgan fingerprint density at radius 3 is 1.72 bits per heavy atom. The molecule has 0 radical (unpaired) electrons. The lowest BCUT2D eigenvalue weighted by Gasteiger charge is -2.29. The summed E-state index contributed by atoms with van der Waals surface area (Å²) in [5, 5.41) is 29.6. The van der Waals surface area contributed by atoms with Crippen LogP contribution >= 0.6 is 0 Å². The van der Waals surface area contributed by atoms with Gasteiger partial charge in [-0.15, -0.1) is 0 Å². The molecule has 0 saturated carbocycles. The molecule has 4 amide bonds. The molecule has 3 N–H and O–H groups in total. The van der Waals surface area contributed by atoms with E-state index in [1.165, 1.54) is 46.0 Å². The van der Waals surface area contributed by atoms with Crippen LogP contribution in [-0.2, 0) is 40.5 Å². The van der Waals surface area contributed by atoms with Gasteiger partial charge >= 0.3 is 29.1 Å². The molecule has 0 bridgehead atoms. The van der Waals surface area contributed by atoms with Gasteiger partial charge in [-0.1, -0.05) is 0 Å². The third kappa shape index (κ3) is 5.70. The molecule has 2 aromatic heterocycles. The van der Waals surface area contributed by atoms with Crippen molar-refractivity contribution < 1.29 is 39.1 Å². The molecule has 2 aliphatic rings. The molecule has 0 aromatic carbocycles. The number of aliphatic hydroxyl groups excluding tert-OH is 1. The number of aliphatic hydroxyl groups is 1. The normalized spacial score (nSPS) is 18.4. The standard InChI is InChI=1S/C24H36N8O11/c1-4-25-18-19(31(14-42-3)24(40)30(18)13-29-16(34)5-6-17(29)35)32(20(25)36)15-43-12-9-28-22(38)26(7-10-33)21(37)27(23(28)39)8-11-41-2/h5-6,18-19,33-35H,4,7-15H2,1-3H3. The predicted octanol–water partition coefficient (Wildman–Crippen LogP) is -2.59. The number of ether oxygens (including phenoxy) is 3. The highest BCUT2D eigenvalue weighted by atomic mass is 16.5. The van der Waals surface area contributed by atoms with E-state index in [4.69, 9.17) is 14.2 Å². The van der Waals surface area contributed by atoms with Crippen LogP contribution < -0.4 is 17.1 Å². The molecule has 2 fully saturated rings. The number of carbonyl (C=O) groups excluding carboxylic acids is 2. The number of aromatic nitrogens is 4. The first-order valence-electron chi connectivity index (χ1n) is 13.5. The summed E-state index contributed by atoms with van der Waals surface area (Å²) in [4.78, 5) is 70.7. The van der Waals surface area contributed by atoms with Crippen LogP contribution in [0.15, 0.2) is 26.5 Å². The van der Waals surface area contributed by atoms with Crippen molar-refractivity contribution in [2.75, 3.05) is 54.0 Å². The van der Waals surface area contributed by atoms with Gasteiger partial charge < -0.3 is 34.4 Å². The molecular formula is C24H36N8O11. The van der Waals surface area contributed by atoms with Crippen molar-refractivity contribution in [2.45, 2.75) is 45.6 Å². The molecule has 2 aromatic rings. The first kappa shape index (κ1) is 31.6. The Bertz CT molecular complexity index is 1480. The number of fused-ring (bicyclic) bond motifs is 1. The van der Waals surface area contributed by atoms with Gasteiger partial charge in [-0.3, -0.25) is 19.3 Å². The minimum Gasteiger partial charge on any atom is -0.494 e. The van der Waals surface area contributed by atoms with Gasteiger partial charge in [-0.05, 0) is 6.92 Å². The highest BCUT2D eigenvalue weighted by Gasteiger charge is 2.59. The first-order chi connectivity index (χ1) is 20.6. The zero-order valence-electron chi connectivity index (χ0n) is 24.1.